The summed E-state index contributed by atoms with van der Waals surface area (Å²) in [7, 11) is 0. The SMILES string of the molecule is N#Cc1cn(C2CC2)c(=O)n(CCOc2ccc(Cl)cc2Br)c1=O. The first-order chi connectivity index (χ1) is 11.5. The Balaban J connectivity index is 1.82. The minimum Gasteiger partial charge on any atom is -0.491 e. The summed E-state index contributed by atoms with van der Waals surface area (Å²) in [6.45, 7) is 0.184. The molecule has 1 heterocycles. The molecule has 6 nitrogen and oxygen atoms in total. The van der Waals surface area contributed by atoms with Crippen LogP contribution in [0.4, 0.5) is 0 Å². The monoisotopic (exact) mass is 409 g/mol. The number of hydrogen-bond acceptors (Lipinski definition) is 4. The van der Waals surface area contributed by atoms with E-state index in [9.17, 15) is 9.59 Å². The van der Waals surface area contributed by atoms with Crippen molar-refractivity contribution in [2.45, 2.75) is 25.4 Å². The summed E-state index contributed by atoms with van der Waals surface area (Å²) in [5.41, 5.74) is -1.02. The third kappa shape index (κ3) is 3.40. The Morgan fingerprint density at radius 2 is 2.12 bits per heavy atom. The van der Waals surface area contributed by atoms with Crippen molar-refractivity contribution in [3.8, 4) is 11.8 Å². The van der Waals surface area contributed by atoms with Crippen molar-refractivity contribution < 1.29 is 4.74 Å². The second kappa shape index (κ2) is 6.83. The fourth-order valence-electron chi connectivity index (χ4n) is 2.35. The Morgan fingerprint density at radius 3 is 2.75 bits per heavy atom. The molecule has 1 saturated carbocycles. The van der Waals surface area contributed by atoms with Gasteiger partial charge in [0.2, 0.25) is 0 Å². The molecule has 0 unspecified atom stereocenters. The van der Waals surface area contributed by atoms with Crippen molar-refractivity contribution in [1.82, 2.24) is 9.13 Å². The summed E-state index contributed by atoms with van der Waals surface area (Å²) in [5.74, 6) is 0.561. The summed E-state index contributed by atoms with van der Waals surface area (Å²) < 4.78 is 8.81. The molecule has 0 spiro atoms. The lowest BCUT2D eigenvalue weighted by atomic mass is 10.3. The van der Waals surface area contributed by atoms with Crippen molar-refractivity contribution in [2.24, 2.45) is 0 Å². The van der Waals surface area contributed by atoms with E-state index in [1.807, 2.05) is 6.07 Å². The van der Waals surface area contributed by atoms with Gasteiger partial charge < -0.3 is 4.74 Å². The minimum atomic E-state index is -0.585. The molecule has 2 aromatic rings. The molecule has 1 fully saturated rings. The van der Waals surface area contributed by atoms with E-state index in [0.29, 0.717) is 15.2 Å². The van der Waals surface area contributed by atoms with Crippen LogP contribution in [-0.2, 0) is 6.54 Å². The molecule has 8 heteroatoms. The van der Waals surface area contributed by atoms with Crippen LogP contribution in [-0.4, -0.2) is 15.7 Å². The molecule has 0 N–H and O–H groups in total. The van der Waals surface area contributed by atoms with Crippen molar-refractivity contribution in [1.29, 1.82) is 5.26 Å². The zero-order chi connectivity index (χ0) is 17.3. The van der Waals surface area contributed by atoms with Gasteiger partial charge in [-0.25, -0.2) is 4.79 Å². The van der Waals surface area contributed by atoms with E-state index in [2.05, 4.69) is 15.9 Å². The van der Waals surface area contributed by atoms with Gasteiger partial charge in [-0.1, -0.05) is 11.6 Å². The molecule has 0 bridgehead atoms. The van der Waals surface area contributed by atoms with Gasteiger partial charge in [0.1, 0.15) is 24.0 Å². The Kier molecular flexibility index (Phi) is 4.78. The molecule has 1 aliphatic rings. The summed E-state index contributed by atoms with van der Waals surface area (Å²) in [5, 5.41) is 9.67. The fraction of sp³-hybridized carbons (Fsp3) is 0.312. The van der Waals surface area contributed by atoms with E-state index in [1.54, 1.807) is 18.2 Å². The molecule has 0 aliphatic heterocycles. The minimum absolute atomic E-state index is 0.0332. The molecule has 3 rings (SSSR count). The van der Waals surface area contributed by atoms with Crippen molar-refractivity contribution in [2.75, 3.05) is 6.61 Å². The van der Waals surface area contributed by atoms with Crippen LogP contribution in [0, 0.1) is 11.3 Å². The van der Waals surface area contributed by atoms with Gasteiger partial charge in [-0.2, -0.15) is 5.26 Å². The number of halogens is 2. The van der Waals surface area contributed by atoms with E-state index >= 15 is 0 Å². The molecule has 1 aromatic carbocycles. The van der Waals surface area contributed by atoms with E-state index in [4.69, 9.17) is 21.6 Å². The maximum absolute atomic E-state index is 12.4. The summed E-state index contributed by atoms with van der Waals surface area (Å²) in [6, 6.07) is 7.02. The predicted molar refractivity (Wildman–Crippen MR) is 92.6 cm³/mol. The maximum Gasteiger partial charge on any atom is 0.331 e. The van der Waals surface area contributed by atoms with Crippen molar-refractivity contribution in [3.63, 3.8) is 0 Å². The highest BCUT2D eigenvalue weighted by atomic mass is 79.9. The van der Waals surface area contributed by atoms with Crippen LogP contribution in [0.5, 0.6) is 5.75 Å². The molecule has 0 atom stereocenters. The highest BCUT2D eigenvalue weighted by molar-refractivity contribution is 9.10. The number of hydrogen-bond donors (Lipinski definition) is 0. The third-order valence-electron chi connectivity index (χ3n) is 3.72. The van der Waals surface area contributed by atoms with Crippen LogP contribution >= 0.6 is 27.5 Å². The van der Waals surface area contributed by atoms with Gasteiger partial charge in [0.05, 0.1) is 11.0 Å². The topological polar surface area (TPSA) is 77.0 Å². The molecule has 124 valence electrons. The highest BCUT2D eigenvalue weighted by Crippen LogP contribution is 2.33. The number of rotatable bonds is 5. The van der Waals surface area contributed by atoms with E-state index in [1.165, 1.54) is 10.8 Å². The van der Waals surface area contributed by atoms with Crippen LogP contribution < -0.4 is 16.0 Å². The normalized spacial score (nSPS) is 13.5. The Labute approximate surface area is 151 Å². The zero-order valence-electron chi connectivity index (χ0n) is 12.5. The fourth-order valence-corrected chi connectivity index (χ4v) is 3.15. The third-order valence-corrected chi connectivity index (χ3v) is 4.58. The quantitative estimate of drug-likeness (QED) is 0.759. The summed E-state index contributed by atoms with van der Waals surface area (Å²) in [4.78, 5) is 24.6. The number of benzene rings is 1. The molecule has 0 amide bonds. The van der Waals surface area contributed by atoms with Gasteiger partial charge in [0.25, 0.3) is 5.56 Å². The Hall–Kier alpha value is -2.04. The lowest BCUT2D eigenvalue weighted by Gasteiger charge is -2.12. The lowest BCUT2D eigenvalue weighted by molar-refractivity contribution is 0.290. The second-order valence-electron chi connectivity index (χ2n) is 5.46. The average Bonchev–Trinajstić information content (AvgIpc) is 3.37. The molecule has 1 aromatic heterocycles. The van der Waals surface area contributed by atoms with E-state index in [0.717, 1.165) is 17.4 Å². The van der Waals surface area contributed by atoms with E-state index in [-0.39, 0.29) is 24.8 Å². The Morgan fingerprint density at radius 1 is 1.38 bits per heavy atom. The van der Waals surface area contributed by atoms with Crippen LogP contribution in [0.3, 0.4) is 0 Å². The molecule has 1 aliphatic carbocycles. The average molecular weight is 411 g/mol. The highest BCUT2D eigenvalue weighted by Gasteiger charge is 2.26. The van der Waals surface area contributed by atoms with Crippen LogP contribution in [0.2, 0.25) is 5.02 Å². The lowest BCUT2D eigenvalue weighted by Crippen LogP contribution is -2.41. The van der Waals surface area contributed by atoms with Gasteiger partial charge >= 0.3 is 5.69 Å². The summed E-state index contributed by atoms with van der Waals surface area (Å²) in [6.07, 6.45) is 3.13. The van der Waals surface area contributed by atoms with Gasteiger partial charge in [-0.3, -0.25) is 13.9 Å². The number of aromatic nitrogens is 2. The van der Waals surface area contributed by atoms with Crippen molar-refractivity contribution >= 4 is 27.5 Å². The molecular weight excluding hydrogens is 398 g/mol. The molecule has 24 heavy (non-hydrogen) atoms. The first kappa shape index (κ1) is 16.8. The van der Waals surface area contributed by atoms with Crippen LogP contribution in [0.15, 0.2) is 38.5 Å². The van der Waals surface area contributed by atoms with Gasteiger partial charge in [0, 0.05) is 17.3 Å². The van der Waals surface area contributed by atoms with E-state index < -0.39 is 11.2 Å². The van der Waals surface area contributed by atoms with Crippen LogP contribution in [0.1, 0.15) is 24.4 Å². The molecular formula is C16H13BrClN3O3. The largest absolute Gasteiger partial charge is 0.491 e. The van der Waals surface area contributed by atoms with Gasteiger partial charge in [0.15, 0.2) is 0 Å². The summed E-state index contributed by atoms with van der Waals surface area (Å²) >= 11 is 9.21. The number of nitriles is 1. The van der Waals surface area contributed by atoms with Gasteiger partial charge in [-0.15, -0.1) is 0 Å². The first-order valence-corrected chi connectivity index (χ1v) is 8.52. The smallest absolute Gasteiger partial charge is 0.331 e. The standard InChI is InChI=1S/C16H13BrClN3O3/c17-13-7-11(18)1-4-14(13)24-6-5-20-15(22)10(8-19)9-21(16(20)23)12-2-3-12/h1,4,7,9,12H,2-3,5-6H2. The second-order valence-corrected chi connectivity index (χ2v) is 6.75. The van der Waals surface area contributed by atoms with Gasteiger partial charge in [-0.05, 0) is 47.0 Å². The zero-order valence-corrected chi connectivity index (χ0v) is 14.9. The Bertz CT molecular complexity index is 941. The number of ether oxygens (including phenoxy) is 1. The van der Waals surface area contributed by atoms with Crippen LogP contribution in [0.25, 0.3) is 0 Å². The van der Waals surface area contributed by atoms with Crippen molar-refractivity contribution in [3.05, 3.63) is 60.3 Å². The predicted octanol–water partition coefficient (Wildman–Crippen LogP) is 2.71. The number of nitrogens with zero attached hydrogens (tertiary/aromatic N) is 3. The molecule has 0 radical (unpaired) electrons. The molecule has 0 saturated heterocycles. The first-order valence-electron chi connectivity index (χ1n) is 7.35. The maximum atomic E-state index is 12.4.